The van der Waals surface area contributed by atoms with Gasteiger partial charge < -0.3 is 14.2 Å². The van der Waals surface area contributed by atoms with Crippen molar-refractivity contribution in [2.75, 3.05) is 6.61 Å². The van der Waals surface area contributed by atoms with Crippen molar-refractivity contribution in [1.29, 1.82) is 0 Å². The molecule has 130 valence electrons. The third kappa shape index (κ3) is 3.93. The maximum atomic E-state index is 12.4. The lowest BCUT2D eigenvalue weighted by Crippen LogP contribution is -2.24. The molecule has 1 heterocycles. The van der Waals surface area contributed by atoms with Crippen molar-refractivity contribution in [1.82, 2.24) is 0 Å². The van der Waals surface area contributed by atoms with Crippen LogP contribution in [0.15, 0.2) is 48.5 Å². The van der Waals surface area contributed by atoms with E-state index < -0.39 is 18.6 Å². The van der Waals surface area contributed by atoms with Crippen LogP contribution in [-0.2, 0) is 9.53 Å². The van der Waals surface area contributed by atoms with Gasteiger partial charge in [0.2, 0.25) is 0 Å². The molecule has 0 fully saturated rings. The lowest BCUT2D eigenvalue weighted by atomic mass is 9.93. The van der Waals surface area contributed by atoms with E-state index >= 15 is 0 Å². The molecule has 0 radical (unpaired) electrons. The Kier molecular flexibility index (Phi) is 4.92. The maximum absolute atomic E-state index is 12.4. The fourth-order valence-electron chi connectivity index (χ4n) is 2.62. The van der Waals surface area contributed by atoms with Crippen LogP contribution in [0.1, 0.15) is 28.3 Å². The van der Waals surface area contributed by atoms with E-state index in [1.807, 2.05) is 0 Å². The second kappa shape index (κ2) is 7.29. The van der Waals surface area contributed by atoms with Crippen molar-refractivity contribution in [3.63, 3.8) is 0 Å². The van der Waals surface area contributed by atoms with E-state index in [0.29, 0.717) is 5.75 Å². The predicted octanol–water partition coefficient (Wildman–Crippen LogP) is 3.54. The number of benzene rings is 2. The molecule has 0 aromatic heterocycles. The van der Waals surface area contributed by atoms with Crippen LogP contribution in [0.2, 0.25) is 0 Å². The van der Waals surface area contributed by atoms with Gasteiger partial charge in [-0.15, -0.1) is 0 Å². The Labute approximate surface area is 142 Å². The Morgan fingerprint density at radius 2 is 1.88 bits per heavy atom. The quantitative estimate of drug-likeness (QED) is 0.611. The number of rotatable bonds is 5. The van der Waals surface area contributed by atoms with Crippen molar-refractivity contribution >= 4 is 11.9 Å². The molecular formula is C18H14F2O5. The minimum atomic E-state index is -3.05. The smallest absolute Gasteiger partial charge is 0.387 e. The van der Waals surface area contributed by atoms with Crippen LogP contribution in [0.3, 0.4) is 0 Å². The first-order valence-corrected chi connectivity index (χ1v) is 7.55. The van der Waals surface area contributed by atoms with Crippen LogP contribution in [0.5, 0.6) is 11.5 Å². The molecule has 0 amide bonds. The van der Waals surface area contributed by atoms with Crippen LogP contribution in [0.25, 0.3) is 0 Å². The standard InChI is InChI=1S/C18H14F2O5/c19-18(20)25-15-8-4-2-6-13(15)17(22)23-10-11-9-16(21)24-14-7-3-1-5-12(11)14/h1-8,11,18H,9-10H2. The molecule has 3 rings (SSSR count). The second-order valence-corrected chi connectivity index (χ2v) is 5.39. The SMILES string of the molecule is O=C1CC(COC(=O)c2ccccc2OC(F)F)c2ccccc2O1. The molecule has 0 N–H and O–H groups in total. The normalized spacial score (nSPS) is 16.1. The molecule has 7 heteroatoms. The van der Waals surface area contributed by atoms with Gasteiger partial charge in [0, 0.05) is 11.5 Å². The highest BCUT2D eigenvalue weighted by atomic mass is 19.3. The molecule has 25 heavy (non-hydrogen) atoms. The van der Waals surface area contributed by atoms with E-state index in [9.17, 15) is 18.4 Å². The Morgan fingerprint density at radius 3 is 2.68 bits per heavy atom. The number of alkyl halides is 2. The first-order valence-electron chi connectivity index (χ1n) is 7.55. The average Bonchev–Trinajstić information content (AvgIpc) is 2.59. The second-order valence-electron chi connectivity index (χ2n) is 5.39. The van der Waals surface area contributed by atoms with Gasteiger partial charge in [-0.2, -0.15) is 8.78 Å². The van der Waals surface area contributed by atoms with Gasteiger partial charge in [-0.1, -0.05) is 30.3 Å². The zero-order valence-corrected chi connectivity index (χ0v) is 13.0. The van der Waals surface area contributed by atoms with Crippen molar-refractivity contribution < 1.29 is 32.6 Å². The molecule has 1 atom stereocenters. The van der Waals surface area contributed by atoms with Crippen molar-refractivity contribution in [2.24, 2.45) is 0 Å². The Morgan fingerprint density at radius 1 is 1.16 bits per heavy atom. The number of esters is 2. The van der Waals surface area contributed by atoms with Gasteiger partial charge in [0.25, 0.3) is 0 Å². The number of fused-ring (bicyclic) bond motifs is 1. The molecule has 0 saturated carbocycles. The molecule has 1 aliphatic heterocycles. The molecule has 2 aromatic rings. The summed E-state index contributed by atoms with van der Waals surface area (Å²) in [5.41, 5.74) is 0.654. The van der Waals surface area contributed by atoms with E-state index in [0.717, 1.165) is 5.56 Å². The van der Waals surface area contributed by atoms with E-state index in [1.165, 1.54) is 24.3 Å². The largest absolute Gasteiger partial charge is 0.461 e. The molecule has 2 aromatic carbocycles. The van der Waals surface area contributed by atoms with E-state index in [1.54, 1.807) is 24.3 Å². The summed E-state index contributed by atoms with van der Waals surface area (Å²) in [5.74, 6) is -1.40. The fourth-order valence-corrected chi connectivity index (χ4v) is 2.62. The lowest BCUT2D eigenvalue weighted by molar-refractivity contribution is -0.136. The summed E-state index contributed by atoms with van der Waals surface area (Å²) >= 11 is 0. The predicted molar refractivity (Wildman–Crippen MR) is 82.8 cm³/mol. The molecule has 0 aliphatic carbocycles. The van der Waals surface area contributed by atoms with Gasteiger partial charge in [-0.3, -0.25) is 4.79 Å². The number of halogens is 2. The van der Waals surface area contributed by atoms with Crippen molar-refractivity contribution in [2.45, 2.75) is 19.0 Å². The van der Waals surface area contributed by atoms with Crippen molar-refractivity contribution in [3.8, 4) is 11.5 Å². The zero-order valence-electron chi connectivity index (χ0n) is 13.0. The monoisotopic (exact) mass is 348 g/mol. The zero-order chi connectivity index (χ0) is 17.8. The van der Waals surface area contributed by atoms with Crippen LogP contribution in [-0.4, -0.2) is 25.2 Å². The summed E-state index contributed by atoms with van der Waals surface area (Å²) in [4.78, 5) is 23.9. The van der Waals surface area contributed by atoms with Crippen molar-refractivity contribution in [3.05, 3.63) is 59.7 Å². The lowest BCUT2D eigenvalue weighted by Gasteiger charge is -2.24. The number of hydrogen-bond acceptors (Lipinski definition) is 5. The summed E-state index contributed by atoms with van der Waals surface area (Å²) in [6.45, 7) is -3.12. The number of para-hydroxylation sites is 2. The van der Waals surface area contributed by atoms with Gasteiger partial charge >= 0.3 is 18.6 Å². The molecule has 5 nitrogen and oxygen atoms in total. The van der Waals surface area contributed by atoms with Gasteiger partial charge in [0.1, 0.15) is 17.1 Å². The number of ether oxygens (including phenoxy) is 3. The Hall–Kier alpha value is -2.96. The third-order valence-corrected chi connectivity index (χ3v) is 3.73. The number of carbonyl (C=O) groups is 2. The average molecular weight is 348 g/mol. The van der Waals surface area contributed by atoms with E-state index in [2.05, 4.69) is 4.74 Å². The topological polar surface area (TPSA) is 61.8 Å². The molecule has 0 saturated heterocycles. The Balaban J connectivity index is 1.72. The highest BCUT2D eigenvalue weighted by Gasteiger charge is 2.28. The van der Waals surface area contributed by atoms with E-state index in [4.69, 9.17) is 9.47 Å². The summed E-state index contributed by atoms with van der Waals surface area (Å²) in [6, 6.07) is 12.6. The minimum absolute atomic E-state index is 0.0689. The van der Waals surface area contributed by atoms with Crippen LogP contribution in [0.4, 0.5) is 8.78 Å². The molecule has 0 spiro atoms. The summed E-state index contributed by atoms with van der Waals surface area (Å²) in [5, 5.41) is 0. The maximum Gasteiger partial charge on any atom is 0.387 e. The van der Waals surface area contributed by atoms with Crippen LogP contribution >= 0.6 is 0 Å². The van der Waals surface area contributed by atoms with Gasteiger partial charge in [-0.25, -0.2) is 4.79 Å². The Bertz CT molecular complexity index is 791. The summed E-state index contributed by atoms with van der Waals surface area (Å²) < 4.78 is 39.5. The summed E-state index contributed by atoms with van der Waals surface area (Å²) in [7, 11) is 0. The highest BCUT2D eigenvalue weighted by Crippen LogP contribution is 2.34. The summed E-state index contributed by atoms with van der Waals surface area (Å²) in [6.07, 6.45) is 0.0689. The first kappa shape index (κ1) is 16.9. The molecular weight excluding hydrogens is 334 g/mol. The van der Waals surface area contributed by atoms with Gasteiger partial charge in [0.05, 0.1) is 13.0 Å². The van der Waals surface area contributed by atoms with E-state index in [-0.39, 0.29) is 30.3 Å². The van der Waals surface area contributed by atoms with Crippen LogP contribution in [0, 0.1) is 0 Å². The number of carbonyl (C=O) groups excluding carboxylic acids is 2. The molecule has 0 bridgehead atoms. The minimum Gasteiger partial charge on any atom is -0.461 e. The van der Waals surface area contributed by atoms with Gasteiger partial charge in [0.15, 0.2) is 0 Å². The molecule has 1 aliphatic rings. The fraction of sp³-hybridized carbons (Fsp3) is 0.222. The van der Waals surface area contributed by atoms with Gasteiger partial charge in [-0.05, 0) is 18.2 Å². The number of hydrogen-bond donors (Lipinski definition) is 0. The van der Waals surface area contributed by atoms with Crippen LogP contribution < -0.4 is 9.47 Å². The molecule has 1 unspecified atom stereocenters. The first-order chi connectivity index (χ1) is 12.0. The highest BCUT2D eigenvalue weighted by molar-refractivity contribution is 5.92. The third-order valence-electron chi connectivity index (χ3n) is 3.73.